The first-order valence-corrected chi connectivity index (χ1v) is 5.84. The predicted molar refractivity (Wildman–Crippen MR) is 57.3 cm³/mol. The van der Waals surface area contributed by atoms with Crippen LogP contribution in [0.4, 0.5) is 0 Å². The lowest BCUT2D eigenvalue weighted by molar-refractivity contribution is 0.177. The summed E-state index contributed by atoms with van der Waals surface area (Å²) in [5, 5.41) is 13.0. The highest BCUT2D eigenvalue weighted by molar-refractivity contribution is 4.82. The SMILES string of the molecule is CN1CCC(NCC2CCC(O)C2)C1. The number of likely N-dealkylation sites (N-methyl/N-ethyl adjacent to an activating group) is 1. The smallest absolute Gasteiger partial charge is 0.0543 e. The van der Waals surface area contributed by atoms with Crippen LogP contribution in [0.15, 0.2) is 0 Å². The van der Waals surface area contributed by atoms with E-state index in [1.807, 2.05) is 0 Å². The fourth-order valence-electron chi connectivity index (χ4n) is 2.67. The molecule has 3 nitrogen and oxygen atoms in total. The van der Waals surface area contributed by atoms with Crippen molar-refractivity contribution in [2.45, 2.75) is 37.8 Å². The zero-order valence-corrected chi connectivity index (χ0v) is 9.08. The molecular formula is C11H22N2O. The van der Waals surface area contributed by atoms with Crippen molar-refractivity contribution in [3.05, 3.63) is 0 Å². The molecule has 1 aliphatic carbocycles. The third kappa shape index (κ3) is 2.69. The Morgan fingerprint density at radius 1 is 1.36 bits per heavy atom. The molecular weight excluding hydrogens is 176 g/mol. The van der Waals surface area contributed by atoms with E-state index < -0.39 is 0 Å². The van der Waals surface area contributed by atoms with Crippen LogP contribution >= 0.6 is 0 Å². The summed E-state index contributed by atoms with van der Waals surface area (Å²) in [6.07, 6.45) is 4.49. The molecule has 2 fully saturated rings. The van der Waals surface area contributed by atoms with Crippen molar-refractivity contribution in [2.24, 2.45) is 5.92 Å². The van der Waals surface area contributed by atoms with Crippen molar-refractivity contribution in [3.63, 3.8) is 0 Å². The third-order valence-electron chi connectivity index (χ3n) is 3.60. The quantitative estimate of drug-likeness (QED) is 0.691. The van der Waals surface area contributed by atoms with Crippen LogP contribution in [-0.2, 0) is 0 Å². The largest absolute Gasteiger partial charge is 0.393 e. The Kier molecular flexibility index (Phi) is 3.42. The van der Waals surface area contributed by atoms with Gasteiger partial charge in [0.25, 0.3) is 0 Å². The minimum atomic E-state index is -0.0203. The molecule has 0 aromatic rings. The fraction of sp³-hybridized carbons (Fsp3) is 1.00. The molecule has 3 atom stereocenters. The molecule has 3 heteroatoms. The Bertz CT molecular complexity index is 166. The molecule has 14 heavy (non-hydrogen) atoms. The zero-order chi connectivity index (χ0) is 9.97. The van der Waals surface area contributed by atoms with Gasteiger partial charge < -0.3 is 15.3 Å². The van der Waals surface area contributed by atoms with Crippen molar-refractivity contribution in [1.29, 1.82) is 0 Å². The van der Waals surface area contributed by atoms with Gasteiger partial charge in [0.1, 0.15) is 0 Å². The molecule has 3 unspecified atom stereocenters. The minimum absolute atomic E-state index is 0.0203. The van der Waals surface area contributed by atoms with Gasteiger partial charge in [-0.05, 0) is 51.7 Å². The Hall–Kier alpha value is -0.120. The standard InChI is InChI=1S/C11H22N2O/c1-13-5-4-10(8-13)12-7-9-2-3-11(14)6-9/h9-12,14H,2-8H2,1H3. The molecule has 0 amide bonds. The van der Waals surface area contributed by atoms with Crippen LogP contribution in [0.1, 0.15) is 25.7 Å². The van der Waals surface area contributed by atoms with Gasteiger partial charge in [-0.3, -0.25) is 0 Å². The summed E-state index contributed by atoms with van der Waals surface area (Å²) in [5.41, 5.74) is 0. The summed E-state index contributed by atoms with van der Waals surface area (Å²) in [5.74, 6) is 0.718. The van der Waals surface area contributed by atoms with Gasteiger partial charge in [-0.1, -0.05) is 0 Å². The van der Waals surface area contributed by atoms with Crippen molar-refractivity contribution >= 4 is 0 Å². The second-order valence-corrected chi connectivity index (χ2v) is 4.99. The first-order chi connectivity index (χ1) is 6.74. The van der Waals surface area contributed by atoms with E-state index in [9.17, 15) is 5.11 Å². The van der Waals surface area contributed by atoms with Gasteiger partial charge in [0.05, 0.1) is 6.10 Å². The Labute approximate surface area is 86.5 Å². The van der Waals surface area contributed by atoms with Crippen LogP contribution in [0.5, 0.6) is 0 Å². The average molecular weight is 198 g/mol. The molecule has 1 heterocycles. The van der Waals surface area contributed by atoms with Crippen LogP contribution in [-0.4, -0.2) is 48.8 Å². The van der Waals surface area contributed by atoms with E-state index in [2.05, 4.69) is 17.3 Å². The lowest BCUT2D eigenvalue weighted by Crippen LogP contribution is -2.34. The van der Waals surface area contributed by atoms with Crippen LogP contribution in [0.2, 0.25) is 0 Å². The maximum absolute atomic E-state index is 9.40. The Morgan fingerprint density at radius 2 is 2.21 bits per heavy atom. The molecule has 0 bridgehead atoms. The number of nitrogens with zero attached hydrogens (tertiary/aromatic N) is 1. The topological polar surface area (TPSA) is 35.5 Å². The van der Waals surface area contributed by atoms with Gasteiger partial charge in [-0.25, -0.2) is 0 Å². The van der Waals surface area contributed by atoms with E-state index in [0.717, 1.165) is 25.3 Å². The highest BCUT2D eigenvalue weighted by Gasteiger charge is 2.24. The Morgan fingerprint density at radius 3 is 2.79 bits per heavy atom. The molecule has 1 saturated carbocycles. The molecule has 2 aliphatic rings. The summed E-state index contributed by atoms with van der Waals surface area (Å²) < 4.78 is 0. The molecule has 2 N–H and O–H groups in total. The predicted octanol–water partition coefficient (Wildman–Crippen LogP) is 0.441. The highest BCUT2D eigenvalue weighted by Crippen LogP contribution is 2.24. The maximum atomic E-state index is 9.40. The van der Waals surface area contributed by atoms with Gasteiger partial charge >= 0.3 is 0 Å². The fourth-order valence-corrected chi connectivity index (χ4v) is 2.67. The van der Waals surface area contributed by atoms with Gasteiger partial charge in [0.2, 0.25) is 0 Å². The Balaban J connectivity index is 1.63. The van der Waals surface area contributed by atoms with Crippen molar-refractivity contribution in [3.8, 4) is 0 Å². The third-order valence-corrected chi connectivity index (χ3v) is 3.60. The highest BCUT2D eigenvalue weighted by atomic mass is 16.3. The molecule has 0 aromatic heterocycles. The number of aliphatic hydroxyl groups is 1. The monoisotopic (exact) mass is 198 g/mol. The van der Waals surface area contributed by atoms with Gasteiger partial charge in [-0.15, -0.1) is 0 Å². The van der Waals surface area contributed by atoms with E-state index >= 15 is 0 Å². The van der Waals surface area contributed by atoms with E-state index in [-0.39, 0.29) is 6.10 Å². The van der Waals surface area contributed by atoms with Crippen LogP contribution in [0.25, 0.3) is 0 Å². The molecule has 0 spiro atoms. The van der Waals surface area contributed by atoms with Crippen LogP contribution < -0.4 is 5.32 Å². The summed E-state index contributed by atoms with van der Waals surface area (Å²) in [7, 11) is 2.18. The molecule has 82 valence electrons. The summed E-state index contributed by atoms with van der Waals surface area (Å²) >= 11 is 0. The lowest BCUT2D eigenvalue weighted by atomic mass is 10.1. The van der Waals surface area contributed by atoms with E-state index in [4.69, 9.17) is 0 Å². The first-order valence-electron chi connectivity index (χ1n) is 5.84. The van der Waals surface area contributed by atoms with Crippen LogP contribution in [0.3, 0.4) is 0 Å². The normalized spacial score (nSPS) is 39.4. The number of rotatable bonds is 3. The van der Waals surface area contributed by atoms with Crippen molar-refractivity contribution < 1.29 is 5.11 Å². The number of likely N-dealkylation sites (tertiary alicyclic amines) is 1. The van der Waals surface area contributed by atoms with E-state index in [1.54, 1.807) is 0 Å². The molecule has 1 aliphatic heterocycles. The summed E-state index contributed by atoms with van der Waals surface area (Å²) in [6, 6.07) is 0.692. The first kappa shape index (κ1) is 10.4. The molecule has 1 saturated heterocycles. The van der Waals surface area contributed by atoms with Crippen LogP contribution in [0, 0.1) is 5.92 Å². The maximum Gasteiger partial charge on any atom is 0.0543 e. The second-order valence-electron chi connectivity index (χ2n) is 4.99. The second kappa shape index (κ2) is 4.60. The summed E-state index contributed by atoms with van der Waals surface area (Å²) in [6.45, 7) is 3.52. The number of nitrogens with one attached hydrogen (secondary N) is 1. The molecule has 0 aromatic carbocycles. The summed E-state index contributed by atoms with van der Waals surface area (Å²) in [4.78, 5) is 2.38. The number of aliphatic hydroxyl groups excluding tert-OH is 1. The molecule has 0 radical (unpaired) electrons. The minimum Gasteiger partial charge on any atom is -0.393 e. The zero-order valence-electron chi connectivity index (χ0n) is 9.08. The average Bonchev–Trinajstić information content (AvgIpc) is 2.72. The van der Waals surface area contributed by atoms with E-state index in [0.29, 0.717) is 6.04 Å². The van der Waals surface area contributed by atoms with Gasteiger partial charge in [0.15, 0.2) is 0 Å². The van der Waals surface area contributed by atoms with Gasteiger partial charge in [-0.2, -0.15) is 0 Å². The lowest BCUT2D eigenvalue weighted by Gasteiger charge is -2.16. The number of hydrogen-bond acceptors (Lipinski definition) is 3. The van der Waals surface area contributed by atoms with Gasteiger partial charge in [0, 0.05) is 12.6 Å². The molecule has 2 rings (SSSR count). The van der Waals surface area contributed by atoms with Crippen molar-refractivity contribution in [1.82, 2.24) is 10.2 Å². The van der Waals surface area contributed by atoms with Crippen molar-refractivity contribution in [2.75, 3.05) is 26.7 Å². The number of hydrogen-bond donors (Lipinski definition) is 2. The van der Waals surface area contributed by atoms with E-state index in [1.165, 1.54) is 25.9 Å².